The molecular weight excluding hydrogens is 318 g/mol. The van der Waals surface area contributed by atoms with Gasteiger partial charge >= 0.3 is 0 Å². The molecule has 0 bridgehead atoms. The van der Waals surface area contributed by atoms with Crippen molar-refractivity contribution in [1.82, 2.24) is 5.32 Å². The van der Waals surface area contributed by atoms with E-state index in [-0.39, 0.29) is 12.1 Å². The van der Waals surface area contributed by atoms with E-state index in [0.717, 1.165) is 16.7 Å². The molecule has 1 aliphatic rings. The third-order valence-electron chi connectivity index (χ3n) is 3.99. The van der Waals surface area contributed by atoms with Crippen LogP contribution in [-0.4, -0.2) is 19.0 Å². The average molecular weight is 350 g/mol. The van der Waals surface area contributed by atoms with Crippen molar-refractivity contribution >= 4 is 5.57 Å². The van der Waals surface area contributed by atoms with Crippen molar-refractivity contribution in [2.75, 3.05) is 13.1 Å². The highest BCUT2D eigenvalue weighted by Gasteiger charge is 2.38. The Bertz CT molecular complexity index is 615. The molecule has 4 heteroatoms. The first-order valence-electron chi connectivity index (χ1n) is 9.01. The molecule has 1 N–H and O–H groups in total. The molecule has 0 saturated carbocycles. The molecule has 0 aromatic heterocycles. The number of hydrogen-bond acceptors (Lipinski definition) is 2. The second-order valence-electron chi connectivity index (χ2n) is 6.17. The van der Waals surface area contributed by atoms with Gasteiger partial charge in [0.1, 0.15) is 0 Å². The zero-order chi connectivity index (χ0) is 19.8. The number of rotatable bonds is 2. The number of benzene rings is 1. The third-order valence-corrected chi connectivity index (χ3v) is 3.99. The molecule has 1 aromatic carbocycles. The normalized spacial score (nSPS) is 15.6. The largest absolute Gasteiger partial charge is 0.307 e. The lowest BCUT2D eigenvalue weighted by molar-refractivity contribution is 0.0635. The summed E-state index contributed by atoms with van der Waals surface area (Å²) in [6.45, 7) is 15.5. The summed E-state index contributed by atoms with van der Waals surface area (Å²) in [6, 6.07) is 5.96. The van der Waals surface area contributed by atoms with E-state index in [1.165, 1.54) is 0 Å². The molecule has 0 unspecified atom stereocenters. The van der Waals surface area contributed by atoms with Crippen LogP contribution in [0.15, 0.2) is 18.2 Å². The summed E-state index contributed by atoms with van der Waals surface area (Å²) in [5.41, 5.74) is 2.53. The van der Waals surface area contributed by atoms with Crippen molar-refractivity contribution in [1.29, 1.82) is 5.26 Å². The predicted molar refractivity (Wildman–Crippen MR) is 103 cm³/mol. The number of nitrogens with one attached hydrogen (secondary N) is 1. The van der Waals surface area contributed by atoms with E-state index >= 15 is 0 Å². The van der Waals surface area contributed by atoms with E-state index in [1.54, 1.807) is 6.08 Å². The topological polar surface area (TPSA) is 35.8 Å². The molecule has 0 aliphatic carbocycles. The van der Waals surface area contributed by atoms with Gasteiger partial charge in [0, 0.05) is 12.1 Å². The predicted octanol–water partition coefficient (Wildman–Crippen LogP) is 5.78. The van der Waals surface area contributed by atoms with Gasteiger partial charge in [-0.05, 0) is 49.9 Å². The number of nitriles is 1. The van der Waals surface area contributed by atoms with Gasteiger partial charge in [0.05, 0.1) is 18.0 Å². The van der Waals surface area contributed by atoms with Crippen LogP contribution in [0.4, 0.5) is 8.78 Å². The summed E-state index contributed by atoms with van der Waals surface area (Å²) in [5.74, 6) is -2.86. The molecule has 2 rings (SSSR count). The van der Waals surface area contributed by atoms with Crippen LogP contribution in [0.2, 0.25) is 0 Å². The monoisotopic (exact) mass is 350 g/mol. The Hall–Kier alpha value is -1.73. The van der Waals surface area contributed by atoms with Crippen molar-refractivity contribution < 1.29 is 8.78 Å². The fourth-order valence-electron chi connectivity index (χ4n) is 2.75. The van der Waals surface area contributed by atoms with E-state index in [9.17, 15) is 14.0 Å². The third kappa shape index (κ3) is 5.37. The fraction of sp³-hybridized carbons (Fsp3) is 0.571. The first kappa shape index (κ1) is 23.3. The molecule has 25 heavy (non-hydrogen) atoms. The Balaban J connectivity index is 0.00000134. The van der Waals surface area contributed by atoms with Gasteiger partial charge in [0.15, 0.2) is 0 Å². The van der Waals surface area contributed by atoms with Crippen LogP contribution in [0.5, 0.6) is 0 Å². The summed E-state index contributed by atoms with van der Waals surface area (Å²) in [6.07, 6.45) is 1.56. The average Bonchev–Trinajstić information content (AvgIpc) is 2.59. The van der Waals surface area contributed by atoms with Crippen molar-refractivity contribution in [3.63, 3.8) is 0 Å². The lowest BCUT2D eigenvalue weighted by Gasteiger charge is -2.28. The van der Waals surface area contributed by atoms with Crippen LogP contribution < -0.4 is 5.32 Å². The zero-order valence-electron chi connectivity index (χ0n) is 16.8. The molecule has 140 valence electrons. The molecule has 0 fully saturated rings. The van der Waals surface area contributed by atoms with E-state index < -0.39 is 11.3 Å². The lowest BCUT2D eigenvalue weighted by atomic mass is 9.81. The van der Waals surface area contributed by atoms with Gasteiger partial charge < -0.3 is 5.32 Å². The van der Waals surface area contributed by atoms with Gasteiger partial charge in [-0.15, -0.1) is 0 Å². The summed E-state index contributed by atoms with van der Waals surface area (Å²) in [4.78, 5) is 0. The summed E-state index contributed by atoms with van der Waals surface area (Å²) in [7, 11) is 0. The van der Waals surface area contributed by atoms with Crippen molar-refractivity contribution in [2.45, 2.75) is 66.7 Å². The minimum Gasteiger partial charge on any atom is -0.307 e. The first-order valence-corrected chi connectivity index (χ1v) is 9.01. The highest BCUT2D eigenvalue weighted by molar-refractivity contribution is 5.76. The van der Waals surface area contributed by atoms with E-state index in [1.807, 2.05) is 67.5 Å². The summed E-state index contributed by atoms with van der Waals surface area (Å²) in [5, 5.41) is 11.9. The maximum absolute atomic E-state index is 14.1. The number of aryl methyl sites for hydroxylation is 2. The van der Waals surface area contributed by atoms with Gasteiger partial charge in [-0.1, -0.05) is 45.9 Å². The molecule has 2 nitrogen and oxygen atoms in total. The Labute approximate surface area is 151 Å². The van der Waals surface area contributed by atoms with Gasteiger partial charge in [-0.25, -0.2) is 0 Å². The second kappa shape index (κ2) is 9.68. The summed E-state index contributed by atoms with van der Waals surface area (Å²) < 4.78 is 28.3. The molecule has 1 aliphatic heterocycles. The molecule has 0 atom stereocenters. The van der Waals surface area contributed by atoms with E-state index in [0.29, 0.717) is 12.1 Å². The van der Waals surface area contributed by atoms with Crippen molar-refractivity contribution in [3.8, 4) is 6.07 Å². The Morgan fingerprint density at radius 3 is 1.96 bits per heavy atom. The Morgan fingerprint density at radius 2 is 1.56 bits per heavy atom. The molecule has 0 saturated heterocycles. The number of nitrogens with zero attached hydrogens (tertiary/aromatic N) is 1. The van der Waals surface area contributed by atoms with E-state index in [4.69, 9.17) is 0 Å². The van der Waals surface area contributed by atoms with Crippen LogP contribution >= 0.6 is 0 Å². The molecule has 0 radical (unpaired) electrons. The zero-order valence-corrected chi connectivity index (χ0v) is 16.8. The Kier molecular flexibility index (Phi) is 9.01. The molecule has 1 heterocycles. The number of halogens is 2. The van der Waals surface area contributed by atoms with Crippen LogP contribution in [-0.2, 0) is 5.41 Å². The SMILES string of the molecule is CC.CC.Cc1cc(C(C)(C)C#N)cc(C)c1C1=CCNCC1(F)F. The van der Waals surface area contributed by atoms with Crippen molar-refractivity contribution in [2.24, 2.45) is 0 Å². The minimum atomic E-state index is -2.86. The molecule has 0 amide bonds. The standard InChI is InChI=1S/C17H20F2N2.2C2H6/c1-11-7-13(16(3,4)9-20)8-12(2)15(11)14-5-6-21-10-17(14,18)19;2*1-2/h5,7-8,21H,6,10H2,1-4H3;2*1-2H3. The molecular formula is C21H32F2N2. The molecule has 1 aromatic rings. The maximum Gasteiger partial charge on any atom is 0.285 e. The van der Waals surface area contributed by atoms with Crippen LogP contribution in [0.3, 0.4) is 0 Å². The van der Waals surface area contributed by atoms with Gasteiger partial charge in [0.25, 0.3) is 5.92 Å². The summed E-state index contributed by atoms with van der Waals surface area (Å²) >= 11 is 0. The van der Waals surface area contributed by atoms with Gasteiger partial charge in [0.2, 0.25) is 0 Å². The highest BCUT2D eigenvalue weighted by atomic mass is 19.3. The quantitative estimate of drug-likeness (QED) is 0.734. The smallest absolute Gasteiger partial charge is 0.285 e. The lowest BCUT2D eigenvalue weighted by Crippen LogP contribution is -2.38. The second-order valence-corrected chi connectivity index (χ2v) is 6.17. The number of alkyl halides is 2. The number of hydrogen-bond donors (Lipinski definition) is 1. The highest BCUT2D eigenvalue weighted by Crippen LogP contribution is 2.38. The minimum absolute atomic E-state index is 0.0950. The molecule has 0 spiro atoms. The van der Waals surface area contributed by atoms with Crippen LogP contribution in [0.25, 0.3) is 5.57 Å². The van der Waals surface area contributed by atoms with Gasteiger partial charge in [-0.3, -0.25) is 0 Å². The van der Waals surface area contributed by atoms with E-state index in [2.05, 4.69) is 11.4 Å². The maximum atomic E-state index is 14.1. The van der Waals surface area contributed by atoms with Crippen LogP contribution in [0.1, 0.15) is 63.8 Å². The van der Waals surface area contributed by atoms with Gasteiger partial charge in [-0.2, -0.15) is 14.0 Å². The van der Waals surface area contributed by atoms with Crippen LogP contribution in [0, 0.1) is 25.2 Å². The van der Waals surface area contributed by atoms with Crippen molar-refractivity contribution in [3.05, 3.63) is 40.5 Å². The fourth-order valence-corrected chi connectivity index (χ4v) is 2.75. The Morgan fingerprint density at radius 1 is 1.08 bits per heavy atom. The first-order chi connectivity index (χ1) is 11.7.